The zero-order valence-corrected chi connectivity index (χ0v) is 15.7. The number of halogens is 1. The third-order valence-electron chi connectivity index (χ3n) is 5.59. The molecule has 1 saturated heterocycles. The summed E-state index contributed by atoms with van der Waals surface area (Å²) in [6.45, 7) is 8.45. The van der Waals surface area contributed by atoms with Gasteiger partial charge in [0, 0.05) is 36.9 Å². The van der Waals surface area contributed by atoms with E-state index in [0.29, 0.717) is 17.6 Å². The maximum absolute atomic E-state index is 14.9. The van der Waals surface area contributed by atoms with Gasteiger partial charge in [-0.25, -0.2) is 4.39 Å². The van der Waals surface area contributed by atoms with Gasteiger partial charge in [0.2, 0.25) is 0 Å². The Labute approximate surface area is 150 Å². The number of hydrogen-bond acceptors (Lipinski definition) is 4. The monoisotopic (exact) mass is 349 g/mol. The van der Waals surface area contributed by atoms with E-state index in [-0.39, 0.29) is 18.0 Å². The zero-order valence-electron chi connectivity index (χ0n) is 15.7. The van der Waals surface area contributed by atoms with Crippen molar-refractivity contribution in [1.29, 1.82) is 0 Å². The van der Waals surface area contributed by atoms with Crippen molar-refractivity contribution in [3.63, 3.8) is 0 Å². The summed E-state index contributed by atoms with van der Waals surface area (Å²) in [5.74, 6) is 0.469. The number of morpholine rings is 1. The molecule has 1 aliphatic heterocycles. The summed E-state index contributed by atoms with van der Waals surface area (Å²) in [7, 11) is 0. The van der Waals surface area contributed by atoms with E-state index in [1.807, 2.05) is 19.1 Å². The molecule has 0 aromatic heterocycles. The number of hydrogen-bond donors (Lipinski definition) is 2. The van der Waals surface area contributed by atoms with Gasteiger partial charge in [-0.3, -0.25) is 0 Å². The van der Waals surface area contributed by atoms with Crippen LogP contribution in [0.4, 0.5) is 15.8 Å². The molecule has 2 aliphatic rings. The zero-order chi connectivity index (χ0) is 18.0. The summed E-state index contributed by atoms with van der Waals surface area (Å²) in [5.41, 5.74) is 8.28. The summed E-state index contributed by atoms with van der Waals surface area (Å²) in [6, 6.07) is 4.28. The molecule has 0 amide bonds. The van der Waals surface area contributed by atoms with Crippen LogP contribution < -0.4 is 16.0 Å². The highest BCUT2D eigenvalue weighted by atomic mass is 19.1. The fraction of sp³-hybridized carbons (Fsp3) is 0.700. The molecule has 2 fully saturated rings. The number of benzene rings is 1. The molecule has 5 heteroatoms. The fourth-order valence-electron chi connectivity index (χ4n) is 4.18. The first kappa shape index (κ1) is 18.5. The molecule has 3 rings (SSSR count). The molecule has 2 unspecified atom stereocenters. The van der Waals surface area contributed by atoms with E-state index in [9.17, 15) is 4.39 Å². The van der Waals surface area contributed by atoms with Gasteiger partial charge < -0.3 is 20.7 Å². The van der Waals surface area contributed by atoms with E-state index in [1.165, 1.54) is 0 Å². The Morgan fingerprint density at radius 3 is 2.44 bits per heavy atom. The molecule has 4 nitrogen and oxygen atoms in total. The second kappa shape index (κ2) is 7.92. The standard InChI is InChI=1S/C20H32FN3O/c1-13-11-24(12-14(2)25-13)19-9-8-18(20(21)15(19)3)23-10-16-4-6-17(22)7-5-16/h8-9,13-14,16-17,23H,4-7,10-12,22H2,1-3H3/t13?,14?,16-,17-. The van der Waals surface area contributed by atoms with E-state index in [2.05, 4.69) is 24.1 Å². The van der Waals surface area contributed by atoms with Crippen LogP contribution in [0.1, 0.15) is 45.1 Å². The predicted molar refractivity (Wildman–Crippen MR) is 102 cm³/mol. The molecule has 1 aromatic rings. The Bertz CT molecular complexity index is 577. The summed E-state index contributed by atoms with van der Waals surface area (Å²) in [4.78, 5) is 2.24. The lowest BCUT2D eigenvalue weighted by molar-refractivity contribution is -0.00526. The Balaban J connectivity index is 1.66. The van der Waals surface area contributed by atoms with Gasteiger partial charge in [-0.1, -0.05) is 0 Å². The molecule has 140 valence electrons. The molecule has 1 saturated carbocycles. The van der Waals surface area contributed by atoms with Gasteiger partial charge in [-0.15, -0.1) is 0 Å². The molecule has 0 radical (unpaired) electrons. The fourth-order valence-corrected chi connectivity index (χ4v) is 4.18. The highest BCUT2D eigenvalue weighted by Crippen LogP contribution is 2.31. The van der Waals surface area contributed by atoms with E-state index in [1.54, 1.807) is 0 Å². The molecule has 0 bridgehead atoms. The highest BCUT2D eigenvalue weighted by Gasteiger charge is 2.25. The third-order valence-corrected chi connectivity index (χ3v) is 5.59. The van der Waals surface area contributed by atoms with Crippen molar-refractivity contribution < 1.29 is 9.13 Å². The highest BCUT2D eigenvalue weighted by molar-refractivity contribution is 5.62. The van der Waals surface area contributed by atoms with Crippen LogP contribution >= 0.6 is 0 Å². The quantitative estimate of drug-likeness (QED) is 0.871. The molecule has 2 atom stereocenters. The normalized spacial score (nSPS) is 30.4. The van der Waals surface area contributed by atoms with Crippen LogP contribution in [0.5, 0.6) is 0 Å². The lowest BCUT2D eigenvalue weighted by Gasteiger charge is -2.37. The smallest absolute Gasteiger partial charge is 0.151 e. The first-order valence-electron chi connectivity index (χ1n) is 9.63. The van der Waals surface area contributed by atoms with Crippen molar-refractivity contribution in [3.05, 3.63) is 23.5 Å². The van der Waals surface area contributed by atoms with Gasteiger partial charge in [-0.2, -0.15) is 0 Å². The molecule has 0 spiro atoms. The van der Waals surface area contributed by atoms with E-state index < -0.39 is 0 Å². The van der Waals surface area contributed by atoms with Gasteiger partial charge in [-0.05, 0) is 64.5 Å². The SMILES string of the molecule is Cc1c(N2CC(C)OC(C)C2)ccc(NC[C@H]2CC[C@H](N)CC2)c1F. The Kier molecular flexibility index (Phi) is 5.85. The van der Waals surface area contributed by atoms with Crippen molar-refractivity contribution in [2.24, 2.45) is 11.7 Å². The number of nitrogens with two attached hydrogens (primary N) is 1. The van der Waals surface area contributed by atoms with Crippen molar-refractivity contribution in [2.45, 2.75) is 64.7 Å². The number of nitrogens with one attached hydrogen (secondary N) is 1. The lowest BCUT2D eigenvalue weighted by atomic mass is 9.86. The van der Waals surface area contributed by atoms with Crippen LogP contribution in [0.25, 0.3) is 0 Å². The van der Waals surface area contributed by atoms with Crippen LogP contribution in [-0.2, 0) is 4.74 Å². The second-order valence-electron chi connectivity index (χ2n) is 7.90. The first-order valence-corrected chi connectivity index (χ1v) is 9.63. The van der Waals surface area contributed by atoms with Crippen molar-refractivity contribution >= 4 is 11.4 Å². The van der Waals surface area contributed by atoms with E-state index in [4.69, 9.17) is 10.5 Å². The molecule has 1 aliphatic carbocycles. The van der Waals surface area contributed by atoms with Crippen molar-refractivity contribution in [3.8, 4) is 0 Å². The number of ether oxygens (including phenoxy) is 1. The van der Waals surface area contributed by atoms with Gasteiger partial charge >= 0.3 is 0 Å². The van der Waals surface area contributed by atoms with Gasteiger partial charge in [0.1, 0.15) is 0 Å². The molecule has 1 aromatic carbocycles. The molecular formula is C20H32FN3O. The van der Waals surface area contributed by atoms with E-state index >= 15 is 0 Å². The third kappa shape index (κ3) is 4.45. The van der Waals surface area contributed by atoms with Crippen molar-refractivity contribution in [2.75, 3.05) is 29.9 Å². The number of anilines is 2. The molecule has 3 N–H and O–H groups in total. The second-order valence-corrected chi connectivity index (χ2v) is 7.90. The van der Waals surface area contributed by atoms with Gasteiger partial charge in [0.25, 0.3) is 0 Å². The average Bonchev–Trinajstić information content (AvgIpc) is 2.57. The van der Waals surface area contributed by atoms with Gasteiger partial charge in [0.05, 0.1) is 17.9 Å². The topological polar surface area (TPSA) is 50.5 Å². The van der Waals surface area contributed by atoms with Crippen molar-refractivity contribution in [1.82, 2.24) is 0 Å². The Morgan fingerprint density at radius 1 is 1.16 bits per heavy atom. The minimum absolute atomic E-state index is 0.128. The minimum Gasteiger partial charge on any atom is -0.382 e. The Hall–Kier alpha value is -1.33. The van der Waals surface area contributed by atoms with E-state index in [0.717, 1.165) is 56.6 Å². The van der Waals surface area contributed by atoms with Crippen LogP contribution in [0.3, 0.4) is 0 Å². The average molecular weight is 349 g/mol. The Morgan fingerprint density at radius 2 is 1.80 bits per heavy atom. The molecule has 25 heavy (non-hydrogen) atoms. The molecule has 1 heterocycles. The number of rotatable bonds is 4. The van der Waals surface area contributed by atoms with Gasteiger partial charge in [0.15, 0.2) is 5.82 Å². The van der Waals surface area contributed by atoms with Crippen LogP contribution in [0, 0.1) is 18.7 Å². The largest absolute Gasteiger partial charge is 0.382 e. The van der Waals surface area contributed by atoms with Crippen LogP contribution in [0.15, 0.2) is 12.1 Å². The summed E-state index contributed by atoms with van der Waals surface area (Å²) >= 11 is 0. The lowest BCUT2D eigenvalue weighted by Crippen LogP contribution is -2.45. The minimum atomic E-state index is -0.128. The molecular weight excluding hydrogens is 317 g/mol. The van der Waals surface area contributed by atoms with Crippen LogP contribution in [-0.4, -0.2) is 37.9 Å². The number of nitrogens with zero attached hydrogens (tertiary/aromatic N) is 1. The maximum Gasteiger partial charge on any atom is 0.151 e. The summed E-state index contributed by atoms with van der Waals surface area (Å²) < 4.78 is 20.7. The van der Waals surface area contributed by atoms with Crippen LogP contribution in [0.2, 0.25) is 0 Å². The predicted octanol–water partition coefficient (Wildman–Crippen LogP) is 3.68. The summed E-state index contributed by atoms with van der Waals surface area (Å²) in [6.07, 6.45) is 4.77. The summed E-state index contributed by atoms with van der Waals surface area (Å²) in [5, 5.41) is 3.33. The maximum atomic E-state index is 14.9. The first-order chi connectivity index (χ1) is 11.9.